The standard InChI is InChI=1S/C13H18ClN3O/c1-9-6-11(13(14)16-7-9)17-12(18)3-2-10-4-5-15-8-10/h6-7,10,15H,2-5,8H2,1H3,(H,17,18). The highest BCUT2D eigenvalue weighted by atomic mass is 35.5. The van der Waals surface area contributed by atoms with E-state index in [2.05, 4.69) is 15.6 Å². The van der Waals surface area contributed by atoms with Gasteiger partial charge in [0.25, 0.3) is 0 Å². The lowest BCUT2D eigenvalue weighted by Gasteiger charge is -2.09. The molecule has 1 atom stereocenters. The van der Waals surface area contributed by atoms with Gasteiger partial charge in [0.2, 0.25) is 5.91 Å². The summed E-state index contributed by atoms with van der Waals surface area (Å²) in [6.07, 6.45) is 4.31. The number of pyridine rings is 1. The first-order valence-electron chi connectivity index (χ1n) is 6.28. The van der Waals surface area contributed by atoms with Gasteiger partial charge in [0.1, 0.15) is 0 Å². The number of aryl methyl sites for hydroxylation is 1. The fourth-order valence-electron chi connectivity index (χ4n) is 2.15. The normalized spacial score (nSPS) is 18.9. The van der Waals surface area contributed by atoms with E-state index in [1.807, 2.05) is 13.0 Å². The first-order valence-corrected chi connectivity index (χ1v) is 6.65. The number of carbonyl (C=O) groups is 1. The molecule has 0 saturated carbocycles. The first kappa shape index (κ1) is 13.3. The average molecular weight is 268 g/mol. The first-order chi connectivity index (χ1) is 8.65. The molecule has 2 rings (SSSR count). The highest BCUT2D eigenvalue weighted by Crippen LogP contribution is 2.21. The Balaban J connectivity index is 1.84. The van der Waals surface area contributed by atoms with Crippen molar-refractivity contribution < 1.29 is 4.79 Å². The third-order valence-corrected chi connectivity index (χ3v) is 3.49. The van der Waals surface area contributed by atoms with Crippen molar-refractivity contribution in [1.29, 1.82) is 0 Å². The van der Waals surface area contributed by atoms with E-state index >= 15 is 0 Å². The minimum atomic E-state index is 0.0104. The number of halogens is 1. The SMILES string of the molecule is Cc1cnc(Cl)c(NC(=O)CCC2CCNC2)c1. The molecule has 4 nitrogen and oxygen atoms in total. The number of anilines is 1. The van der Waals surface area contributed by atoms with Gasteiger partial charge in [-0.15, -0.1) is 0 Å². The molecule has 1 amide bonds. The zero-order valence-corrected chi connectivity index (χ0v) is 11.3. The summed E-state index contributed by atoms with van der Waals surface area (Å²) in [4.78, 5) is 15.8. The van der Waals surface area contributed by atoms with E-state index in [0.29, 0.717) is 23.2 Å². The van der Waals surface area contributed by atoms with E-state index in [9.17, 15) is 4.79 Å². The molecule has 1 aromatic rings. The second-order valence-corrected chi connectivity index (χ2v) is 5.15. The lowest BCUT2D eigenvalue weighted by Crippen LogP contribution is -2.15. The van der Waals surface area contributed by atoms with Crippen molar-refractivity contribution in [2.75, 3.05) is 18.4 Å². The summed E-state index contributed by atoms with van der Waals surface area (Å²) in [6.45, 7) is 4.02. The van der Waals surface area contributed by atoms with Gasteiger partial charge in [-0.25, -0.2) is 4.98 Å². The van der Waals surface area contributed by atoms with Crippen molar-refractivity contribution in [3.8, 4) is 0 Å². The summed E-state index contributed by atoms with van der Waals surface area (Å²) < 4.78 is 0. The van der Waals surface area contributed by atoms with Crippen LogP contribution in [0.3, 0.4) is 0 Å². The van der Waals surface area contributed by atoms with Gasteiger partial charge < -0.3 is 10.6 Å². The van der Waals surface area contributed by atoms with Crippen molar-refractivity contribution in [2.24, 2.45) is 5.92 Å². The molecular weight excluding hydrogens is 250 g/mol. The average Bonchev–Trinajstić information content (AvgIpc) is 2.84. The van der Waals surface area contributed by atoms with Crippen molar-refractivity contribution >= 4 is 23.2 Å². The molecule has 0 aliphatic carbocycles. The van der Waals surface area contributed by atoms with E-state index < -0.39 is 0 Å². The third-order valence-electron chi connectivity index (χ3n) is 3.19. The molecule has 1 fully saturated rings. The molecule has 1 aromatic heterocycles. The Morgan fingerprint density at radius 3 is 3.22 bits per heavy atom. The van der Waals surface area contributed by atoms with E-state index in [0.717, 1.165) is 25.1 Å². The maximum absolute atomic E-state index is 11.8. The van der Waals surface area contributed by atoms with Crippen LogP contribution in [0.5, 0.6) is 0 Å². The number of rotatable bonds is 4. The van der Waals surface area contributed by atoms with Gasteiger partial charge in [0.15, 0.2) is 5.15 Å². The molecule has 98 valence electrons. The Morgan fingerprint density at radius 1 is 1.67 bits per heavy atom. The second kappa shape index (κ2) is 6.16. The molecule has 1 unspecified atom stereocenters. The van der Waals surface area contributed by atoms with Crippen LogP contribution in [0, 0.1) is 12.8 Å². The molecule has 1 saturated heterocycles. The second-order valence-electron chi connectivity index (χ2n) is 4.80. The molecule has 1 aliphatic rings. The summed E-state index contributed by atoms with van der Waals surface area (Å²) in [6, 6.07) is 1.84. The minimum Gasteiger partial charge on any atom is -0.323 e. The predicted octanol–water partition coefficient (Wildman–Crippen LogP) is 2.37. The minimum absolute atomic E-state index is 0.0104. The number of hydrogen-bond acceptors (Lipinski definition) is 3. The molecule has 2 N–H and O–H groups in total. The van der Waals surface area contributed by atoms with Crippen molar-refractivity contribution in [1.82, 2.24) is 10.3 Å². The number of hydrogen-bond donors (Lipinski definition) is 2. The van der Waals surface area contributed by atoms with Crippen LogP contribution in [-0.2, 0) is 4.79 Å². The van der Waals surface area contributed by atoms with Crippen LogP contribution in [0.4, 0.5) is 5.69 Å². The zero-order valence-electron chi connectivity index (χ0n) is 10.5. The third kappa shape index (κ3) is 3.68. The lowest BCUT2D eigenvalue weighted by atomic mass is 10.0. The highest BCUT2D eigenvalue weighted by molar-refractivity contribution is 6.32. The van der Waals surface area contributed by atoms with Gasteiger partial charge in [0, 0.05) is 12.6 Å². The number of amides is 1. The van der Waals surface area contributed by atoms with Crippen LogP contribution in [0.2, 0.25) is 5.15 Å². The van der Waals surface area contributed by atoms with Gasteiger partial charge in [0.05, 0.1) is 5.69 Å². The van der Waals surface area contributed by atoms with Crippen molar-refractivity contribution in [3.05, 3.63) is 23.0 Å². The van der Waals surface area contributed by atoms with Gasteiger partial charge >= 0.3 is 0 Å². The molecule has 1 aliphatic heterocycles. The van der Waals surface area contributed by atoms with Crippen molar-refractivity contribution in [2.45, 2.75) is 26.2 Å². The molecule has 0 bridgehead atoms. The van der Waals surface area contributed by atoms with Crippen LogP contribution >= 0.6 is 11.6 Å². The quantitative estimate of drug-likeness (QED) is 0.824. The van der Waals surface area contributed by atoms with E-state index in [1.54, 1.807) is 6.20 Å². The summed E-state index contributed by atoms with van der Waals surface area (Å²) >= 11 is 5.93. The molecule has 0 spiro atoms. The van der Waals surface area contributed by atoms with Crippen LogP contribution in [0.1, 0.15) is 24.8 Å². The van der Waals surface area contributed by atoms with E-state index in [-0.39, 0.29) is 5.91 Å². The molecule has 5 heteroatoms. The summed E-state index contributed by atoms with van der Waals surface area (Å²) in [5.41, 5.74) is 1.58. The number of aromatic nitrogens is 1. The van der Waals surface area contributed by atoms with Crippen LogP contribution in [0.25, 0.3) is 0 Å². The smallest absolute Gasteiger partial charge is 0.224 e. The maximum atomic E-state index is 11.8. The largest absolute Gasteiger partial charge is 0.323 e. The fraction of sp³-hybridized carbons (Fsp3) is 0.538. The Morgan fingerprint density at radius 2 is 2.50 bits per heavy atom. The van der Waals surface area contributed by atoms with E-state index in [1.165, 1.54) is 6.42 Å². The Labute approximate surface area is 112 Å². The van der Waals surface area contributed by atoms with Gasteiger partial charge in [-0.1, -0.05) is 11.6 Å². The zero-order chi connectivity index (χ0) is 13.0. The van der Waals surface area contributed by atoms with E-state index in [4.69, 9.17) is 11.6 Å². The predicted molar refractivity (Wildman–Crippen MR) is 72.8 cm³/mol. The topological polar surface area (TPSA) is 54.0 Å². The fourth-order valence-corrected chi connectivity index (χ4v) is 2.30. The molecule has 0 radical (unpaired) electrons. The number of nitrogens with one attached hydrogen (secondary N) is 2. The Bertz CT molecular complexity index is 430. The Hall–Kier alpha value is -1.13. The summed E-state index contributed by atoms with van der Waals surface area (Å²) in [5, 5.41) is 6.46. The summed E-state index contributed by atoms with van der Waals surface area (Å²) in [7, 11) is 0. The van der Waals surface area contributed by atoms with Crippen molar-refractivity contribution in [3.63, 3.8) is 0 Å². The molecule has 18 heavy (non-hydrogen) atoms. The lowest BCUT2D eigenvalue weighted by molar-refractivity contribution is -0.116. The van der Waals surface area contributed by atoms with Gasteiger partial charge in [-0.3, -0.25) is 4.79 Å². The van der Waals surface area contributed by atoms with Gasteiger partial charge in [-0.05, 0) is 50.4 Å². The highest BCUT2D eigenvalue weighted by Gasteiger charge is 2.16. The molecule has 0 aromatic carbocycles. The van der Waals surface area contributed by atoms with Crippen LogP contribution < -0.4 is 10.6 Å². The monoisotopic (exact) mass is 267 g/mol. The number of carbonyl (C=O) groups excluding carboxylic acids is 1. The van der Waals surface area contributed by atoms with Crippen LogP contribution in [-0.4, -0.2) is 24.0 Å². The Kier molecular flexibility index (Phi) is 4.55. The number of nitrogens with zero attached hydrogens (tertiary/aromatic N) is 1. The molecular formula is C13H18ClN3O. The summed E-state index contributed by atoms with van der Waals surface area (Å²) in [5.74, 6) is 0.637. The maximum Gasteiger partial charge on any atom is 0.224 e. The molecule has 2 heterocycles. The van der Waals surface area contributed by atoms with Crippen LogP contribution in [0.15, 0.2) is 12.3 Å². The van der Waals surface area contributed by atoms with Gasteiger partial charge in [-0.2, -0.15) is 0 Å².